The lowest BCUT2D eigenvalue weighted by Gasteiger charge is -2.18. The highest BCUT2D eigenvalue weighted by Gasteiger charge is 2.27. The van der Waals surface area contributed by atoms with Gasteiger partial charge in [-0.3, -0.25) is 19.0 Å². The Morgan fingerprint density at radius 2 is 1.91 bits per heavy atom. The summed E-state index contributed by atoms with van der Waals surface area (Å²) in [5.74, 6) is -0.319. The van der Waals surface area contributed by atoms with Gasteiger partial charge in [-0.05, 0) is 49.4 Å². The van der Waals surface area contributed by atoms with Gasteiger partial charge >= 0.3 is 0 Å². The van der Waals surface area contributed by atoms with Crippen LogP contribution in [0.4, 0.5) is 5.69 Å². The van der Waals surface area contributed by atoms with E-state index in [0.29, 0.717) is 16.4 Å². The van der Waals surface area contributed by atoms with E-state index < -0.39 is 5.25 Å². The summed E-state index contributed by atoms with van der Waals surface area (Å²) in [6, 6.07) is 16.3. The number of rotatable bonds is 6. The van der Waals surface area contributed by atoms with E-state index in [2.05, 4.69) is 5.32 Å². The van der Waals surface area contributed by atoms with Crippen molar-refractivity contribution in [2.24, 2.45) is 7.05 Å². The first-order valence-corrected chi connectivity index (χ1v) is 12.8. The number of benzene rings is 2. The smallest absolute Gasteiger partial charge is 0.262 e. The number of thiophene rings is 1. The van der Waals surface area contributed by atoms with Gasteiger partial charge in [-0.2, -0.15) is 0 Å². The van der Waals surface area contributed by atoms with E-state index in [-0.39, 0.29) is 17.2 Å². The molecule has 6 nitrogen and oxygen atoms in total. The van der Waals surface area contributed by atoms with Gasteiger partial charge in [-0.1, -0.05) is 54.2 Å². The van der Waals surface area contributed by atoms with Crippen LogP contribution in [0.1, 0.15) is 45.0 Å². The van der Waals surface area contributed by atoms with Crippen LogP contribution in [0.2, 0.25) is 0 Å². The Morgan fingerprint density at radius 1 is 1.12 bits per heavy atom. The first-order valence-electron chi connectivity index (χ1n) is 11.1. The van der Waals surface area contributed by atoms with Crippen molar-refractivity contribution in [1.82, 2.24) is 9.55 Å². The van der Waals surface area contributed by atoms with Crippen LogP contribution in [0.15, 0.2) is 64.5 Å². The second-order valence-corrected chi connectivity index (χ2v) is 10.5. The monoisotopic (exact) mass is 489 g/mol. The fraction of sp³-hybridized carbons (Fsp3) is 0.231. The van der Waals surface area contributed by atoms with Crippen LogP contribution in [-0.2, 0) is 24.7 Å². The lowest BCUT2D eigenvalue weighted by Crippen LogP contribution is -2.23. The molecule has 0 fully saturated rings. The van der Waals surface area contributed by atoms with Crippen LogP contribution in [-0.4, -0.2) is 21.2 Å². The van der Waals surface area contributed by atoms with Crippen molar-refractivity contribution in [3.63, 3.8) is 0 Å². The van der Waals surface area contributed by atoms with Gasteiger partial charge in [0.15, 0.2) is 10.9 Å². The van der Waals surface area contributed by atoms with Crippen molar-refractivity contribution >= 4 is 50.7 Å². The molecule has 172 valence electrons. The number of aryl methyl sites for hydroxylation is 2. The molecule has 2 aromatic heterocycles. The number of thioether (sulfide) groups is 1. The number of fused-ring (bicyclic) bond motifs is 3. The van der Waals surface area contributed by atoms with Gasteiger partial charge in [-0.15, -0.1) is 11.3 Å². The maximum absolute atomic E-state index is 13.4. The molecule has 2 aromatic carbocycles. The van der Waals surface area contributed by atoms with Gasteiger partial charge in [0.05, 0.1) is 5.39 Å². The SMILES string of the molecule is CC(=O)c1cccc(NC(=O)C(Sc2nc3sc4c(c3c(=O)n2C)CCC4)c2ccccc2)c1. The molecule has 0 bridgehead atoms. The average Bonchev–Trinajstić information content (AvgIpc) is 3.42. The Hall–Kier alpha value is -3.23. The molecule has 1 atom stereocenters. The third kappa shape index (κ3) is 4.19. The van der Waals surface area contributed by atoms with Crippen molar-refractivity contribution in [3.8, 4) is 0 Å². The Morgan fingerprint density at radius 3 is 2.68 bits per heavy atom. The molecule has 1 N–H and O–H groups in total. The van der Waals surface area contributed by atoms with E-state index in [0.717, 1.165) is 40.6 Å². The Bertz CT molecular complexity index is 1470. The van der Waals surface area contributed by atoms with Crippen molar-refractivity contribution < 1.29 is 9.59 Å². The summed E-state index contributed by atoms with van der Waals surface area (Å²) in [4.78, 5) is 45.2. The number of amides is 1. The quantitative estimate of drug-likeness (QED) is 0.230. The Kier molecular flexibility index (Phi) is 6.10. The summed E-state index contributed by atoms with van der Waals surface area (Å²) in [7, 11) is 1.71. The Labute approximate surface area is 205 Å². The molecule has 34 heavy (non-hydrogen) atoms. The molecule has 0 spiro atoms. The van der Waals surface area contributed by atoms with Gasteiger partial charge in [0, 0.05) is 23.2 Å². The highest BCUT2D eigenvalue weighted by Crippen LogP contribution is 2.38. The van der Waals surface area contributed by atoms with E-state index in [1.807, 2.05) is 30.3 Å². The normalized spacial score (nSPS) is 13.6. The van der Waals surface area contributed by atoms with Crippen LogP contribution in [0.3, 0.4) is 0 Å². The fourth-order valence-electron chi connectivity index (χ4n) is 4.24. The van der Waals surface area contributed by atoms with Crippen LogP contribution >= 0.6 is 23.1 Å². The highest BCUT2D eigenvalue weighted by atomic mass is 32.2. The summed E-state index contributed by atoms with van der Waals surface area (Å²) in [6.45, 7) is 1.49. The summed E-state index contributed by atoms with van der Waals surface area (Å²) in [5, 5.41) is 3.53. The molecule has 8 heteroatoms. The number of Topliss-reactive ketones (excluding diaryl/α,β-unsaturated/α-hetero) is 1. The number of nitrogens with zero attached hydrogens (tertiary/aromatic N) is 2. The first kappa shape index (κ1) is 22.6. The molecule has 0 aliphatic heterocycles. The van der Waals surface area contributed by atoms with Crippen molar-refractivity contribution in [2.45, 2.75) is 36.6 Å². The van der Waals surface area contributed by atoms with Crippen molar-refractivity contribution in [2.75, 3.05) is 5.32 Å². The standard InChI is InChI=1S/C26H23N3O3S2/c1-15(30)17-10-6-11-18(14-17)27-23(31)22(16-8-4-3-5-9-16)34-26-28-24-21(25(32)29(26)2)19-12-7-13-20(19)33-24/h3-6,8-11,14,22H,7,12-13H2,1-2H3,(H,27,31). The second kappa shape index (κ2) is 9.19. The summed E-state index contributed by atoms with van der Waals surface area (Å²) < 4.78 is 1.55. The van der Waals surface area contributed by atoms with Gasteiger partial charge in [-0.25, -0.2) is 4.98 Å². The lowest BCUT2D eigenvalue weighted by molar-refractivity contribution is -0.115. The predicted molar refractivity (Wildman–Crippen MR) is 137 cm³/mol. The summed E-state index contributed by atoms with van der Waals surface area (Å²) >= 11 is 2.85. The third-order valence-electron chi connectivity index (χ3n) is 6.01. The van der Waals surface area contributed by atoms with E-state index in [1.54, 1.807) is 47.2 Å². The summed E-state index contributed by atoms with van der Waals surface area (Å²) in [5.41, 5.74) is 2.96. The number of nitrogens with one attached hydrogen (secondary N) is 1. The first-order chi connectivity index (χ1) is 16.4. The molecule has 0 radical (unpaired) electrons. The van der Waals surface area contributed by atoms with Gasteiger partial charge in [0.25, 0.3) is 5.56 Å². The molecule has 4 aromatic rings. The van der Waals surface area contributed by atoms with E-state index in [4.69, 9.17) is 4.98 Å². The fourth-order valence-corrected chi connectivity index (χ4v) is 6.61. The molecule has 1 aliphatic rings. The number of hydrogen-bond acceptors (Lipinski definition) is 6. The molecule has 0 saturated heterocycles. The second-order valence-electron chi connectivity index (χ2n) is 8.33. The van der Waals surface area contributed by atoms with Gasteiger partial charge < -0.3 is 5.32 Å². The minimum absolute atomic E-state index is 0.0618. The molecular formula is C26H23N3O3S2. The number of carbonyl (C=O) groups excluding carboxylic acids is 2. The largest absolute Gasteiger partial charge is 0.325 e. The van der Waals surface area contributed by atoms with Crippen molar-refractivity contribution in [3.05, 3.63) is 86.5 Å². The number of ketones is 1. The highest BCUT2D eigenvalue weighted by molar-refractivity contribution is 8.00. The zero-order valence-corrected chi connectivity index (χ0v) is 20.5. The minimum atomic E-state index is -0.635. The number of hydrogen-bond donors (Lipinski definition) is 1. The van der Waals surface area contributed by atoms with Crippen LogP contribution in [0.25, 0.3) is 10.2 Å². The lowest BCUT2D eigenvalue weighted by atomic mass is 10.1. The zero-order chi connectivity index (χ0) is 23.8. The molecule has 2 heterocycles. The van der Waals surface area contributed by atoms with E-state index >= 15 is 0 Å². The third-order valence-corrected chi connectivity index (χ3v) is 8.49. The number of anilines is 1. The van der Waals surface area contributed by atoms with Crippen LogP contribution < -0.4 is 10.9 Å². The maximum Gasteiger partial charge on any atom is 0.262 e. The molecule has 1 unspecified atom stereocenters. The topological polar surface area (TPSA) is 81.1 Å². The minimum Gasteiger partial charge on any atom is -0.325 e. The van der Waals surface area contributed by atoms with E-state index in [1.165, 1.54) is 23.6 Å². The molecule has 5 rings (SSSR count). The Balaban J connectivity index is 1.51. The van der Waals surface area contributed by atoms with Crippen molar-refractivity contribution in [1.29, 1.82) is 0 Å². The number of aromatic nitrogens is 2. The molecule has 0 saturated carbocycles. The molecular weight excluding hydrogens is 466 g/mol. The predicted octanol–water partition coefficient (Wildman–Crippen LogP) is 5.16. The number of carbonyl (C=O) groups is 2. The van der Waals surface area contributed by atoms with Crippen LogP contribution in [0.5, 0.6) is 0 Å². The maximum atomic E-state index is 13.4. The van der Waals surface area contributed by atoms with Gasteiger partial charge in [0.1, 0.15) is 10.1 Å². The molecule has 1 amide bonds. The summed E-state index contributed by atoms with van der Waals surface area (Å²) in [6.07, 6.45) is 3.00. The average molecular weight is 490 g/mol. The van der Waals surface area contributed by atoms with E-state index in [9.17, 15) is 14.4 Å². The van der Waals surface area contributed by atoms with Gasteiger partial charge in [0.2, 0.25) is 5.91 Å². The van der Waals surface area contributed by atoms with Crippen LogP contribution in [0, 0.1) is 0 Å². The zero-order valence-electron chi connectivity index (χ0n) is 18.8. The molecule has 1 aliphatic carbocycles.